The molecule has 1 saturated heterocycles. The zero-order valence-corrected chi connectivity index (χ0v) is 13.8. The molecule has 2 N–H and O–H groups in total. The van der Waals surface area contributed by atoms with Crippen LogP contribution >= 0.6 is 11.6 Å². The van der Waals surface area contributed by atoms with Crippen LogP contribution in [0.15, 0.2) is 24.3 Å². The number of aromatic nitrogens is 2. The molecule has 22 heavy (non-hydrogen) atoms. The molecule has 4 nitrogen and oxygen atoms in total. The standard InChI is InChI=1S/C17H21ClN4/c1-3-15-11(2)20-16(12-5-4-6-13(18)9-12)21-17(15)22-8-7-14(19)10-22/h4-6,9,14H,3,7-8,10,19H2,1-2H3. The Kier molecular flexibility index (Phi) is 4.32. The molecule has 116 valence electrons. The van der Waals surface area contributed by atoms with Crippen LogP contribution in [0.2, 0.25) is 5.02 Å². The first-order chi connectivity index (χ1) is 10.6. The van der Waals surface area contributed by atoms with E-state index in [0.717, 1.165) is 48.8 Å². The summed E-state index contributed by atoms with van der Waals surface area (Å²) in [6.07, 6.45) is 1.93. The second-order valence-electron chi connectivity index (χ2n) is 5.79. The SMILES string of the molecule is CCc1c(C)nc(-c2cccc(Cl)c2)nc1N1CCC(N)C1. The maximum absolute atomic E-state index is 6.10. The van der Waals surface area contributed by atoms with Crippen molar-refractivity contribution in [2.24, 2.45) is 5.73 Å². The topological polar surface area (TPSA) is 55.0 Å². The number of halogens is 1. The first kappa shape index (κ1) is 15.3. The molecule has 1 aromatic carbocycles. The minimum absolute atomic E-state index is 0.231. The predicted octanol–water partition coefficient (Wildman–Crippen LogP) is 3.21. The lowest BCUT2D eigenvalue weighted by Gasteiger charge is -2.22. The van der Waals surface area contributed by atoms with Crippen molar-refractivity contribution in [3.8, 4) is 11.4 Å². The molecular weight excluding hydrogens is 296 g/mol. The van der Waals surface area contributed by atoms with Gasteiger partial charge in [0.15, 0.2) is 5.82 Å². The molecule has 2 heterocycles. The third kappa shape index (κ3) is 2.94. The van der Waals surface area contributed by atoms with E-state index in [1.54, 1.807) is 0 Å². The number of hydrogen-bond acceptors (Lipinski definition) is 4. The van der Waals surface area contributed by atoms with E-state index in [2.05, 4.69) is 16.8 Å². The summed E-state index contributed by atoms with van der Waals surface area (Å²) in [5.41, 5.74) is 9.24. The van der Waals surface area contributed by atoms with Crippen molar-refractivity contribution in [3.63, 3.8) is 0 Å². The van der Waals surface area contributed by atoms with Crippen molar-refractivity contribution in [1.29, 1.82) is 0 Å². The third-order valence-electron chi connectivity index (χ3n) is 4.15. The van der Waals surface area contributed by atoms with Gasteiger partial charge in [-0.1, -0.05) is 30.7 Å². The molecule has 5 heteroatoms. The van der Waals surface area contributed by atoms with Crippen LogP contribution in [0.3, 0.4) is 0 Å². The summed E-state index contributed by atoms with van der Waals surface area (Å²) in [4.78, 5) is 11.8. The highest BCUT2D eigenvalue weighted by molar-refractivity contribution is 6.30. The quantitative estimate of drug-likeness (QED) is 0.944. The summed E-state index contributed by atoms with van der Waals surface area (Å²) in [7, 11) is 0. The molecule has 0 radical (unpaired) electrons. The predicted molar refractivity (Wildman–Crippen MR) is 91.4 cm³/mol. The van der Waals surface area contributed by atoms with Gasteiger partial charge in [-0.2, -0.15) is 0 Å². The summed E-state index contributed by atoms with van der Waals surface area (Å²) in [6, 6.07) is 7.91. The van der Waals surface area contributed by atoms with E-state index in [9.17, 15) is 0 Å². The van der Waals surface area contributed by atoms with Crippen LogP contribution in [0.25, 0.3) is 11.4 Å². The minimum Gasteiger partial charge on any atom is -0.355 e. The average Bonchev–Trinajstić information content (AvgIpc) is 2.93. The van der Waals surface area contributed by atoms with Crippen molar-refractivity contribution in [1.82, 2.24) is 9.97 Å². The van der Waals surface area contributed by atoms with Crippen molar-refractivity contribution in [2.75, 3.05) is 18.0 Å². The van der Waals surface area contributed by atoms with Crippen molar-refractivity contribution >= 4 is 17.4 Å². The Labute approximate surface area is 136 Å². The van der Waals surface area contributed by atoms with E-state index < -0.39 is 0 Å². The van der Waals surface area contributed by atoms with Crippen molar-refractivity contribution < 1.29 is 0 Å². The van der Waals surface area contributed by atoms with Gasteiger partial charge in [-0.15, -0.1) is 0 Å². The Morgan fingerprint density at radius 3 is 2.82 bits per heavy atom. The van der Waals surface area contributed by atoms with Crippen molar-refractivity contribution in [2.45, 2.75) is 32.7 Å². The fraction of sp³-hybridized carbons (Fsp3) is 0.412. The molecule has 1 fully saturated rings. The minimum atomic E-state index is 0.231. The number of hydrogen-bond donors (Lipinski definition) is 1. The smallest absolute Gasteiger partial charge is 0.161 e. The van der Waals surface area contributed by atoms with E-state index in [1.807, 2.05) is 31.2 Å². The van der Waals surface area contributed by atoms with Crippen LogP contribution in [0.1, 0.15) is 24.6 Å². The van der Waals surface area contributed by atoms with Gasteiger partial charge in [0, 0.05) is 41.0 Å². The van der Waals surface area contributed by atoms with Crippen LogP contribution in [-0.2, 0) is 6.42 Å². The zero-order chi connectivity index (χ0) is 15.7. The summed E-state index contributed by atoms with van der Waals surface area (Å²) >= 11 is 6.10. The highest BCUT2D eigenvalue weighted by Gasteiger charge is 2.24. The summed E-state index contributed by atoms with van der Waals surface area (Å²) in [6.45, 7) is 6.01. The largest absolute Gasteiger partial charge is 0.355 e. The molecular formula is C17H21ClN4. The lowest BCUT2D eigenvalue weighted by Crippen LogP contribution is -2.28. The van der Waals surface area contributed by atoms with Crippen LogP contribution in [0.4, 0.5) is 5.82 Å². The molecule has 3 rings (SSSR count). The van der Waals surface area contributed by atoms with Crippen LogP contribution in [0, 0.1) is 6.92 Å². The Hall–Kier alpha value is -1.65. The van der Waals surface area contributed by atoms with Crippen LogP contribution in [0.5, 0.6) is 0 Å². The lowest BCUT2D eigenvalue weighted by atomic mass is 10.1. The molecule has 0 aliphatic carbocycles. The second kappa shape index (κ2) is 6.23. The monoisotopic (exact) mass is 316 g/mol. The first-order valence-corrected chi connectivity index (χ1v) is 8.10. The molecule has 2 aromatic rings. The van der Waals surface area contributed by atoms with Gasteiger partial charge in [-0.3, -0.25) is 0 Å². The fourth-order valence-corrected chi connectivity index (χ4v) is 3.18. The third-order valence-corrected chi connectivity index (χ3v) is 4.39. The first-order valence-electron chi connectivity index (χ1n) is 7.72. The number of aryl methyl sites for hydroxylation is 1. The second-order valence-corrected chi connectivity index (χ2v) is 6.23. The normalized spacial score (nSPS) is 18.0. The van der Waals surface area contributed by atoms with Gasteiger partial charge >= 0.3 is 0 Å². The number of rotatable bonds is 3. The van der Waals surface area contributed by atoms with Gasteiger partial charge in [0.05, 0.1) is 0 Å². The Balaban J connectivity index is 2.08. The zero-order valence-electron chi connectivity index (χ0n) is 13.0. The molecule has 1 aliphatic rings. The van der Waals surface area contributed by atoms with Gasteiger partial charge in [0.1, 0.15) is 5.82 Å². The van der Waals surface area contributed by atoms with E-state index in [0.29, 0.717) is 5.02 Å². The van der Waals surface area contributed by atoms with E-state index in [-0.39, 0.29) is 6.04 Å². The molecule has 1 aliphatic heterocycles. The number of anilines is 1. The lowest BCUT2D eigenvalue weighted by molar-refractivity contribution is 0.750. The maximum atomic E-state index is 6.10. The van der Waals surface area contributed by atoms with Gasteiger partial charge in [0.25, 0.3) is 0 Å². The molecule has 1 unspecified atom stereocenters. The van der Waals surface area contributed by atoms with Gasteiger partial charge in [0.2, 0.25) is 0 Å². The number of benzene rings is 1. The van der Waals surface area contributed by atoms with Crippen LogP contribution in [-0.4, -0.2) is 29.1 Å². The summed E-state index contributed by atoms with van der Waals surface area (Å²) in [5.74, 6) is 1.76. The van der Waals surface area contributed by atoms with Gasteiger partial charge in [-0.05, 0) is 31.9 Å². The Morgan fingerprint density at radius 1 is 1.36 bits per heavy atom. The van der Waals surface area contributed by atoms with E-state index >= 15 is 0 Å². The number of nitrogens with two attached hydrogens (primary N) is 1. The fourth-order valence-electron chi connectivity index (χ4n) is 2.99. The van der Waals surface area contributed by atoms with E-state index in [4.69, 9.17) is 22.3 Å². The number of nitrogens with zero attached hydrogens (tertiary/aromatic N) is 3. The highest BCUT2D eigenvalue weighted by Crippen LogP contribution is 2.28. The molecule has 0 spiro atoms. The molecule has 1 aromatic heterocycles. The Bertz CT molecular complexity index is 686. The van der Waals surface area contributed by atoms with Gasteiger partial charge < -0.3 is 10.6 Å². The maximum Gasteiger partial charge on any atom is 0.161 e. The molecule has 0 amide bonds. The summed E-state index contributed by atoms with van der Waals surface area (Å²) < 4.78 is 0. The molecule has 1 atom stereocenters. The summed E-state index contributed by atoms with van der Waals surface area (Å²) in [5, 5.41) is 0.697. The van der Waals surface area contributed by atoms with E-state index in [1.165, 1.54) is 5.56 Å². The van der Waals surface area contributed by atoms with Crippen LogP contribution < -0.4 is 10.6 Å². The van der Waals surface area contributed by atoms with Gasteiger partial charge in [-0.25, -0.2) is 9.97 Å². The molecule has 0 saturated carbocycles. The highest BCUT2D eigenvalue weighted by atomic mass is 35.5. The Morgan fingerprint density at radius 2 is 2.18 bits per heavy atom. The molecule has 0 bridgehead atoms. The average molecular weight is 317 g/mol. The van der Waals surface area contributed by atoms with Crippen molar-refractivity contribution in [3.05, 3.63) is 40.5 Å².